The Morgan fingerprint density at radius 3 is 2.27 bits per heavy atom. The lowest BCUT2D eigenvalue weighted by molar-refractivity contribution is 0.0663. The summed E-state index contributed by atoms with van der Waals surface area (Å²) in [6.45, 7) is 8.71. The molecule has 1 unspecified atom stereocenters. The number of anilines is 1. The molecular formula is C21H27ClN2O2. The van der Waals surface area contributed by atoms with Crippen LogP contribution in [0.3, 0.4) is 0 Å². The molecule has 0 bridgehead atoms. The number of piperazine rings is 1. The maximum absolute atomic E-state index is 10.3. The Morgan fingerprint density at radius 2 is 1.65 bits per heavy atom. The van der Waals surface area contributed by atoms with Crippen molar-refractivity contribution < 1.29 is 9.84 Å². The Balaban J connectivity index is 1.44. The zero-order chi connectivity index (χ0) is 18.5. The van der Waals surface area contributed by atoms with E-state index in [0.29, 0.717) is 13.2 Å². The third-order valence-corrected chi connectivity index (χ3v) is 5.41. The smallest absolute Gasteiger partial charge is 0.120 e. The maximum Gasteiger partial charge on any atom is 0.120 e. The molecule has 0 spiro atoms. The number of aryl methyl sites for hydroxylation is 2. The fraction of sp³-hybridized carbons (Fsp3) is 0.429. The van der Waals surface area contributed by atoms with Gasteiger partial charge in [-0.2, -0.15) is 0 Å². The molecule has 4 nitrogen and oxygen atoms in total. The van der Waals surface area contributed by atoms with Crippen LogP contribution in [0.5, 0.6) is 5.75 Å². The molecule has 0 radical (unpaired) electrons. The van der Waals surface area contributed by atoms with Crippen LogP contribution in [0.25, 0.3) is 0 Å². The van der Waals surface area contributed by atoms with Crippen molar-refractivity contribution in [3.63, 3.8) is 0 Å². The number of hydrogen-bond acceptors (Lipinski definition) is 4. The van der Waals surface area contributed by atoms with E-state index in [0.717, 1.165) is 48.1 Å². The number of rotatable bonds is 6. The van der Waals surface area contributed by atoms with Crippen molar-refractivity contribution in [3.8, 4) is 5.75 Å². The molecule has 3 rings (SSSR count). The van der Waals surface area contributed by atoms with Gasteiger partial charge in [0.1, 0.15) is 18.5 Å². The van der Waals surface area contributed by atoms with E-state index in [2.05, 4.69) is 34.1 Å². The average Bonchev–Trinajstić information content (AvgIpc) is 2.65. The van der Waals surface area contributed by atoms with Crippen LogP contribution < -0.4 is 9.64 Å². The predicted octanol–water partition coefficient (Wildman–Crippen LogP) is 3.52. The van der Waals surface area contributed by atoms with Crippen LogP contribution in [-0.2, 0) is 0 Å². The van der Waals surface area contributed by atoms with E-state index in [1.165, 1.54) is 5.69 Å². The second-order valence-electron chi connectivity index (χ2n) is 6.96. The average molecular weight is 375 g/mol. The van der Waals surface area contributed by atoms with Gasteiger partial charge >= 0.3 is 0 Å². The molecule has 0 aliphatic carbocycles. The van der Waals surface area contributed by atoms with Crippen LogP contribution in [0.1, 0.15) is 11.1 Å². The second kappa shape index (κ2) is 8.76. The van der Waals surface area contributed by atoms with E-state index in [-0.39, 0.29) is 0 Å². The van der Waals surface area contributed by atoms with Crippen LogP contribution in [0.4, 0.5) is 5.69 Å². The van der Waals surface area contributed by atoms with Gasteiger partial charge in [-0.15, -0.1) is 0 Å². The summed E-state index contributed by atoms with van der Waals surface area (Å²) in [6, 6.07) is 14.3. The number of aliphatic hydroxyl groups is 1. The minimum Gasteiger partial charge on any atom is -0.491 e. The quantitative estimate of drug-likeness (QED) is 0.839. The third kappa shape index (κ3) is 4.91. The molecule has 1 aliphatic heterocycles. The van der Waals surface area contributed by atoms with E-state index in [4.69, 9.17) is 16.3 Å². The van der Waals surface area contributed by atoms with E-state index < -0.39 is 6.10 Å². The zero-order valence-corrected chi connectivity index (χ0v) is 16.2. The first kappa shape index (κ1) is 19.0. The molecule has 0 aromatic heterocycles. The highest BCUT2D eigenvalue weighted by Crippen LogP contribution is 2.26. The van der Waals surface area contributed by atoms with Gasteiger partial charge in [0.05, 0.1) is 0 Å². The van der Waals surface area contributed by atoms with Crippen molar-refractivity contribution in [2.24, 2.45) is 0 Å². The van der Waals surface area contributed by atoms with Crippen LogP contribution in [-0.4, -0.2) is 55.4 Å². The van der Waals surface area contributed by atoms with Crippen LogP contribution in [0.15, 0.2) is 42.5 Å². The van der Waals surface area contributed by atoms with Gasteiger partial charge in [-0.05, 0) is 49.2 Å². The first-order valence-corrected chi connectivity index (χ1v) is 9.50. The third-order valence-electron chi connectivity index (χ3n) is 4.81. The number of hydrogen-bond donors (Lipinski definition) is 1. The molecule has 1 atom stereocenters. The van der Waals surface area contributed by atoms with Gasteiger partial charge in [-0.25, -0.2) is 0 Å². The summed E-state index contributed by atoms with van der Waals surface area (Å²) in [5, 5.41) is 11.1. The standard InChI is InChI=1S/C21H27ClN2O2/c1-16-12-20(13-17(2)21(16)22)26-15-19(25)14-23-8-10-24(11-9-23)18-6-4-3-5-7-18/h3-7,12-13,19,25H,8-11,14-15H2,1-2H3. The summed E-state index contributed by atoms with van der Waals surface area (Å²) in [5.41, 5.74) is 3.26. The minimum absolute atomic E-state index is 0.291. The van der Waals surface area contributed by atoms with Gasteiger partial charge in [0.15, 0.2) is 0 Å². The Bertz CT molecular complexity index is 692. The Labute approximate surface area is 160 Å². The molecule has 1 saturated heterocycles. The summed E-state index contributed by atoms with van der Waals surface area (Å²) >= 11 is 6.18. The minimum atomic E-state index is -0.505. The first-order valence-electron chi connectivity index (χ1n) is 9.13. The maximum atomic E-state index is 10.3. The SMILES string of the molecule is Cc1cc(OCC(O)CN2CCN(c3ccccc3)CC2)cc(C)c1Cl. The number of nitrogens with zero attached hydrogens (tertiary/aromatic N) is 2. The molecule has 1 fully saturated rings. The lowest BCUT2D eigenvalue weighted by atomic mass is 10.1. The van der Waals surface area contributed by atoms with Gasteiger partial charge in [0.25, 0.3) is 0 Å². The number of halogens is 1. The molecule has 140 valence electrons. The molecule has 2 aromatic rings. The van der Waals surface area contributed by atoms with Crippen molar-refractivity contribution in [1.82, 2.24) is 4.90 Å². The van der Waals surface area contributed by atoms with Gasteiger partial charge in [-0.3, -0.25) is 4.90 Å². The molecule has 0 saturated carbocycles. The number of benzene rings is 2. The molecule has 1 aliphatic rings. The molecule has 0 amide bonds. The summed E-state index contributed by atoms with van der Waals surface area (Å²) in [7, 11) is 0. The first-order chi connectivity index (χ1) is 12.5. The van der Waals surface area contributed by atoms with Crippen LogP contribution >= 0.6 is 11.6 Å². The van der Waals surface area contributed by atoms with Gasteiger partial charge < -0.3 is 14.7 Å². The fourth-order valence-electron chi connectivity index (χ4n) is 3.36. The fourth-order valence-corrected chi connectivity index (χ4v) is 3.47. The van der Waals surface area contributed by atoms with Gasteiger partial charge in [-0.1, -0.05) is 29.8 Å². The molecular weight excluding hydrogens is 348 g/mol. The largest absolute Gasteiger partial charge is 0.491 e. The summed E-state index contributed by atoms with van der Waals surface area (Å²) in [4.78, 5) is 4.68. The van der Waals surface area contributed by atoms with Gasteiger partial charge in [0, 0.05) is 43.4 Å². The van der Waals surface area contributed by atoms with Crippen molar-refractivity contribution in [2.45, 2.75) is 20.0 Å². The summed E-state index contributed by atoms with van der Waals surface area (Å²) < 4.78 is 5.77. The number of β-amino-alcohol motifs (C(OH)–C–C–N with tert-alkyl or cyclic N) is 1. The monoisotopic (exact) mass is 374 g/mol. The highest BCUT2D eigenvalue weighted by molar-refractivity contribution is 6.32. The van der Waals surface area contributed by atoms with Crippen molar-refractivity contribution in [2.75, 3.05) is 44.2 Å². The zero-order valence-electron chi connectivity index (χ0n) is 15.5. The Morgan fingerprint density at radius 1 is 1.04 bits per heavy atom. The number of ether oxygens (including phenoxy) is 1. The number of para-hydroxylation sites is 1. The summed E-state index contributed by atoms with van der Waals surface area (Å²) in [6.07, 6.45) is -0.505. The molecule has 2 aromatic carbocycles. The van der Waals surface area contributed by atoms with E-state index in [9.17, 15) is 5.11 Å². The molecule has 5 heteroatoms. The van der Waals surface area contributed by atoms with Crippen molar-refractivity contribution >= 4 is 17.3 Å². The summed E-state index contributed by atoms with van der Waals surface area (Å²) in [5.74, 6) is 0.761. The van der Waals surface area contributed by atoms with Crippen molar-refractivity contribution in [1.29, 1.82) is 0 Å². The lowest BCUT2D eigenvalue weighted by Gasteiger charge is -2.36. The molecule has 26 heavy (non-hydrogen) atoms. The highest BCUT2D eigenvalue weighted by Gasteiger charge is 2.19. The van der Waals surface area contributed by atoms with E-state index in [1.54, 1.807) is 0 Å². The van der Waals surface area contributed by atoms with Gasteiger partial charge in [0.2, 0.25) is 0 Å². The topological polar surface area (TPSA) is 35.9 Å². The Kier molecular flexibility index (Phi) is 6.41. The number of aliphatic hydroxyl groups excluding tert-OH is 1. The van der Waals surface area contributed by atoms with Crippen LogP contribution in [0, 0.1) is 13.8 Å². The second-order valence-corrected chi connectivity index (χ2v) is 7.34. The molecule has 1 N–H and O–H groups in total. The normalized spacial score (nSPS) is 16.5. The van der Waals surface area contributed by atoms with E-state index in [1.807, 2.05) is 32.0 Å². The van der Waals surface area contributed by atoms with Crippen molar-refractivity contribution in [3.05, 3.63) is 58.6 Å². The molecule has 1 heterocycles. The Hall–Kier alpha value is -1.75. The van der Waals surface area contributed by atoms with E-state index >= 15 is 0 Å². The van der Waals surface area contributed by atoms with Crippen LogP contribution in [0.2, 0.25) is 5.02 Å². The highest BCUT2D eigenvalue weighted by atomic mass is 35.5. The predicted molar refractivity (Wildman–Crippen MR) is 108 cm³/mol. The lowest BCUT2D eigenvalue weighted by Crippen LogP contribution is -2.49.